The maximum atomic E-state index is 12.3. The number of alkyl halides is 3. The van der Waals surface area contributed by atoms with Gasteiger partial charge in [-0.15, -0.1) is 0 Å². The molecule has 0 aliphatic rings. The first-order valence-electron chi connectivity index (χ1n) is 4.78. The average molecular weight is 317 g/mol. The third-order valence-electron chi connectivity index (χ3n) is 2.29. The van der Waals surface area contributed by atoms with Crippen molar-refractivity contribution in [2.24, 2.45) is 0 Å². The molecule has 0 N–H and O–H groups in total. The Balaban J connectivity index is 3.33. The van der Waals surface area contributed by atoms with Gasteiger partial charge in [-0.3, -0.25) is 0 Å². The summed E-state index contributed by atoms with van der Waals surface area (Å²) in [6.45, 7) is 1.65. The summed E-state index contributed by atoms with van der Waals surface area (Å²) in [5.74, 6) is 0. The summed E-state index contributed by atoms with van der Waals surface area (Å²) in [6.07, 6.45) is 0. The van der Waals surface area contributed by atoms with Crippen LogP contribution in [0.2, 0.25) is 0 Å². The van der Waals surface area contributed by atoms with Crippen LogP contribution >= 0.6 is 0 Å². The molecule has 0 aromatic heterocycles. The Morgan fingerprint density at radius 3 is 1.79 bits per heavy atom. The predicted molar refractivity (Wildman–Crippen MR) is 61.1 cm³/mol. The minimum Gasteiger partial charge on any atom is -0.206 e. The normalized spacial score (nSPS) is 13.8. The average Bonchev–Trinajstić information content (AvgIpc) is 2.27. The SMILES string of the molecule is Cc1ccc(S(=O)(=O)N(C)S(=O)(=O)C(F)(F)F)cc1. The molecule has 1 aromatic carbocycles. The van der Waals surface area contributed by atoms with Crippen molar-refractivity contribution in [1.82, 2.24) is 3.71 Å². The van der Waals surface area contributed by atoms with E-state index in [9.17, 15) is 30.0 Å². The molecular weight excluding hydrogens is 307 g/mol. The van der Waals surface area contributed by atoms with E-state index in [4.69, 9.17) is 0 Å². The quantitative estimate of drug-likeness (QED) is 0.846. The topological polar surface area (TPSA) is 71.5 Å². The Kier molecular flexibility index (Phi) is 3.99. The van der Waals surface area contributed by atoms with Gasteiger partial charge in [0.05, 0.1) is 4.90 Å². The summed E-state index contributed by atoms with van der Waals surface area (Å²) in [5.41, 5.74) is -5.00. The van der Waals surface area contributed by atoms with Crippen molar-refractivity contribution in [3.8, 4) is 0 Å². The van der Waals surface area contributed by atoms with E-state index in [2.05, 4.69) is 0 Å². The molecule has 0 radical (unpaired) electrons. The van der Waals surface area contributed by atoms with Gasteiger partial charge in [0.2, 0.25) is 0 Å². The Labute approximate surface area is 108 Å². The largest absolute Gasteiger partial charge is 0.512 e. The second kappa shape index (κ2) is 4.76. The molecule has 0 saturated heterocycles. The molecule has 1 aromatic rings. The van der Waals surface area contributed by atoms with Gasteiger partial charge >= 0.3 is 15.5 Å². The van der Waals surface area contributed by atoms with Crippen molar-refractivity contribution in [2.75, 3.05) is 7.05 Å². The van der Waals surface area contributed by atoms with Crippen LogP contribution in [-0.4, -0.2) is 33.1 Å². The van der Waals surface area contributed by atoms with Gasteiger partial charge in [-0.2, -0.15) is 13.2 Å². The fourth-order valence-corrected chi connectivity index (χ4v) is 3.75. The minimum absolute atomic E-state index is 0.345. The Morgan fingerprint density at radius 1 is 1.00 bits per heavy atom. The second-order valence-electron chi connectivity index (χ2n) is 3.65. The first-order chi connectivity index (χ1) is 8.40. The van der Waals surface area contributed by atoms with Crippen LogP contribution in [0.1, 0.15) is 5.56 Å². The Morgan fingerprint density at radius 2 is 1.42 bits per heavy atom. The monoisotopic (exact) mass is 317 g/mol. The summed E-state index contributed by atoms with van der Waals surface area (Å²) < 4.78 is 81.9. The van der Waals surface area contributed by atoms with Crippen molar-refractivity contribution >= 4 is 20.0 Å². The molecule has 0 spiro atoms. The van der Waals surface area contributed by atoms with Crippen LogP contribution in [0.5, 0.6) is 0 Å². The minimum atomic E-state index is -5.95. The van der Waals surface area contributed by atoms with Crippen LogP contribution < -0.4 is 0 Å². The Hall–Kier alpha value is -1.13. The molecule has 0 amide bonds. The van der Waals surface area contributed by atoms with E-state index >= 15 is 0 Å². The molecule has 108 valence electrons. The van der Waals surface area contributed by atoms with E-state index in [0.717, 1.165) is 12.1 Å². The number of nitrogens with zero attached hydrogens (tertiary/aromatic N) is 1. The number of halogens is 3. The first kappa shape index (κ1) is 15.9. The second-order valence-corrected chi connectivity index (χ2v) is 7.81. The van der Waals surface area contributed by atoms with Crippen LogP contribution in [-0.2, 0) is 20.0 Å². The third kappa shape index (κ3) is 2.90. The number of hydrogen-bond donors (Lipinski definition) is 0. The molecule has 0 atom stereocenters. The molecule has 1 rings (SSSR count). The Bertz CT molecular complexity index is 662. The zero-order valence-electron chi connectivity index (χ0n) is 9.84. The van der Waals surface area contributed by atoms with E-state index in [1.165, 1.54) is 12.1 Å². The fourth-order valence-electron chi connectivity index (χ4n) is 1.13. The zero-order valence-corrected chi connectivity index (χ0v) is 11.5. The van der Waals surface area contributed by atoms with Gasteiger partial charge in [0.15, 0.2) is 0 Å². The fraction of sp³-hybridized carbons (Fsp3) is 0.333. The van der Waals surface area contributed by atoms with Crippen molar-refractivity contribution in [3.63, 3.8) is 0 Å². The lowest BCUT2D eigenvalue weighted by atomic mass is 10.2. The molecule has 0 aliphatic carbocycles. The van der Waals surface area contributed by atoms with Gasteiger partial charge in [0.1, 0.15) is 0 Å². The molecule has 0 fully saturated rings. The zero-order chi connectivity index (χ0) is 15.1. The number of benzene rings is 1. The molecule has 19 heavy (non-hydrogen) atoms. The van der Waals surface area contributed by atoms with Crippen molar-refractivity contribution < 1.29 is 30.0 Å². The molecule has 5 nitrogen and oxygen atoms in total. The summed E-state index contributed by atoms with van der Waals surface area (Å²) in [7, 11) is -10.4. The molecule has 0 heterocycles. The van der Waals surface area contributed by atoms with Crippen molar-refractivity contribution in [3.05, 3.63) is 29.8 Å². The van der Waals surface area contributed by atoms with Gasteiger partial charge in [-0.05, 0) is 19.1 Å². The van der Waals surface area contributed by atoms with Gasteiger partial charge in [-0.1, -0.05) is 21.4 Å². The standard InChI is InChI=1S/C9H10F3NO4S2/c1-7-3-5-8(6-4-7)18(14,15)13(2)19(16,17)9(10,11)12/h3-6H,1-2H3. The van der Waals surface area contributed by atoms with Crippen molar-refractivity contribution in [2.45, 2.75) is 17.3 Å². The van der Waals surface area contributed by atoms with E-state index in [1.54, 1.807) is 6.92 Å². The summed E-state index contributed by atoms with van der Waals surface area (Å²) in [4.78, 5) is -0.534. The van der Waals surface area contributed by atoms with E-state index < -0.39 is 34.2 Å². The van der Waals surface area contributed by atoms with Gasteiger partial charge in [0.25, 0.3) is 10.0 Å². The van der Waals surface area contributed by atoms with Gasteiger partial charge in [-0.25, -0.2) is 16.8 Å². The van der Waals surface area contributed by atoms with E-state index in [0.29, 0.717) is 12.6 Å². The molecule has 0 unspecified atom stereocenters. The van der Waals surface area contributed by atoms with Crippen LogP contribution in [0.4, 0.5) is 13.2 Å². The van der Waals surface area contributed by atoms with Crippen LogP contribution in [0.15, 0.2) is 29.2 Å². The molecule has 10 heteroatoms. The maximum Gasteiger partial charge on any atom is 0.512 e. The highest BCUT2D eigenvalue weighted by Gasteiger charge is 2.52. The van der Waals surface area contributed by atoms with Crippen LogP contribution in [0.25, 0.3) is 0 Å². The van der Waals surface area contributed by atoms with Crippen LogP contribution in [0, 0.1) is 6.92 Å². The van der Waals surface area contributed by atoms with E-state index in [1.807, 2.05) is 0 Å². The third-order valence-corrected chi connectivity index (χ3v) is 6.27. The lowest BCUT2D eigenvalue weighted by molar-refractivity contribution is -0.0465. The van der Waals surface area contributed by atoms with E-state index in [-0.39, 0.29) is 0 Å². The predicted octanol–water partition coefficient (Wildman–Crippen LogP) is 1.47. The highest BCUT2D eigenvalue weighted by Crippen LogP contribution is 2.29. The molecule has 0 aliphatic heterocycles. The smallest absolute Gasteiger partial charge is 0.206 e. The summed E-state index contributed by atoms with van der Waals surface area (Å²) in [6, 6.07) is 4.77. The van der Waals surface area contributed by atoms with Gasteiger partial charge in [0, 0.05) is 7.05 Å². The maximum absolute atomic E-state index is 12.3. The summed E-state index contributed by atoms with van der Waals surface area (Å²) in [5, 5.41) is 0. The number of rotatable bonds is 3. The van der Waals surface area contributed by atoms with Crippen molar-refractivity contribution in [1.29, 1.82) is 0 Å². The number of aryl methyl sites for hydroxylation is 1. The highest BCUT2D eigenvalue weighted by molar-refractivity contribution is 8.04. The number of hydrogen-bond acceptors (Lipinski definition) is 4. The number of sulfonamides is 2. The summed E-state index contributed by atoms with van der Waals surface area (Å²) >= 11 is 0. The molecular formula is C9H10F3NO4S2. The highest BCUT2D eigenvalue weighted by atomic mass is 32.3. The first-order valence-corrected chi connectivity index (χ1v) is 7.66. The van der Waals surface area contributed by atoms with Gasteiger partial charge < -0.3 is 0 Å². The lowest BCUT2D eigenvalue weighted by Gasteiger charge is -2.18. The molecule has 0 saturated carbocycles. The lowest BCUT2D eigenvalue weighted by Crippen LogP contribution is -2.41. The molecule has 0 bridgehead atoms. The van der Waals surface area contributed by atoms with Crippen LogP contribution in [0.3, 0.4) is 0 Å².